The predicted octanol–water partition coefficient (Wildman–Crippen LogP) is 5.91. The Balaban J connectivity index is 1.87. The van der Waals surface area contributed by atoms with Crippen LogP contribution in [0.5, 0.6) is 0 Å². The van der Waals surface area contributed by atoms with Crippen LogP contribution in [0.2, 0.25) is 13.1 Å². The summed E-state index contributed by atoms with van der Waals surface area (Å²) in [5.74, 6) is 0. The summed E-state index contributed by atoms with van der Waals surface area (Å²) in [6.45, 7) is 4.59. The van der Waals surface area contributed by atoms with Crippen LogP contribution in [0, 0.1) is 11.3 Å². The van der Waals surface area contributed by atoms with Crippen molar-refractivity contribution in [3.63, 3.8) is 0 Å². The standard InChI is InChI=1S/C21H16IN2OSi/c1-26(2)16-11-9-15(10-12-16)24(22)19-8-4-7-18-17-6-3-5-14(13-23)20(17)25-21(18)19/h3-12H,1-2H3. The molecule has 0 spiro atoms. The maximum atomic E-state index is 9.37. The van der Waals surface area contributed by atoms with Crippen molar-refractivity contribution in [3.05, 3.63) is 66.2 Å². The lowest BCUT2D eigenvalue weighted by molar-refractivity contribution is 0.668. The van der Waals surface area contributed by atoms with Gasteiger partial charge in [-0.2, -0.15) is 5.26 Å². The average molecular weight is 467 g/mol. The molecule has 0 aliphatic carbocycles. The minimum atomic E-state index is -0.447. The van der Waals surface area contributed by atoms with Gasteiger partial charge < -0.3 is 4.42 Å². The molecular formula is C21H16IN2OSi. The number of anilines is 2. The van der Waals surface area contributed by atoms with E-state index in [1.807, 2.05) is 30.3 Å². The number of fused-ring (bicyclic) bond motifs is 3. The van der Waals surface area contributed by atoms with Gasteiger partial charge in [0, 0.05) is 10.8 Å². The maximum absolute atomic E-state index is 9.37. The van der Waals surface area contributed by atoms with E-state index in [-0.39, 0.29) is 0 Å². The molecule has 0 fully saturated rings. The Morgan fingerprint density at radius 3 is 2.23 bits per heavy atom. The molecule has 3 aromatic carbocycles. The van der Waals surface area contributed by atoms with Crippen LogP contribution in [0.15, 0.2) is 65.1 Å². The van der Waals surface area contributed by atoms with Crippen molar-refractivity contribution < 1.29 is 4.42 Å². The van der Waals surface area contributed by atoms with Crippen molar-refractivity contribution in [1.82, 2.24) is 0 Å². The highest BCUT2D eigenvalue weighted by atomic mass is 127. The van der Waals surface area contributed by atoms with E-state index in [0.717, 1.165) is 27.7 Å². The van der Waals surface area contributed by atoms with Crippen molar-refractivity contribution in [3.8, 4) is 6.07 Å². The highest BCUT2D eigenvalue weighted by molar-refractivity contribution is 14.1. The molecule has 0 N–H and O–H groups in total. The van der Waals surface area contributed by atoms with Crippen LogP contribution in [0.25, 0.3) is 21.9 Å². The third-order valence-corrected chi connectivity index (χ3v) is 7.07. The van der Waals surface area contributed by atoms with E-state index < -0.39 is 8.80 Å². The van der Waals surface area contributed by atoms with Crippen LogP contribution in [-0.2, 0) is 0 Å². The van der Waals surface area contributed by atoms with Gasteiger partial charge in [-0.15, -0.1) is 0 Å². The molecule has 1 aromatic heterocycles. The van der Waals surface area contributed by atoms with Crippen LogP contribution in [0.4, 0.5) is 11.4 Å². The average Bonchev–Trinajstić information content (AvgIpc) is 3.06. The molecule has 5 heteroatoms. The Kier molecular flexibility index (Phi) is 4.47. The van der Waals surface area contributed by atoms with Crippen LogP contribution in [0.1, 0.15) is 5.56 Å². The SMILES string of the molecule is C[Si](C)c1ccc(N(I)c2cccc3c2oc2c(C#N)cccc23)cc1. The quantitative estimate of drug-likeness (QED) is 0.214. The fourth-order valence-corrected chi connectivity index (χ4v) is 4.65. The highest BCUT2D eigenvalue weighted by Crippen LogP contribution is 2.40. The number of rotatable bonds is 3. The number of para-hydroxylation sites is 2. The summed E-state index contributed by atoms with van der Waals surface area (Å²) in [6, 6.07) is 22.8. The molecule has 1 radical (unpaired) electrons. The number of benzene rings is 3. The van der Waals surface area contributed by atoms with Gasteiger partial charge >= 0.3 is 0 Å². The Bertz CT molecular complexity index is 1140. The molecular weight excluding hydrogens is 451 g/mol. The van der Waals surface area contributed by atoms with Gasteiger partial charge in [0.1, 0.15) is 6.07 Å². The highest BCUT2D eigenvalue weighted by Gasteiger charge is 2.17. The number of nitriles is 1. The summed E-state index contributed by atoms with van der Waals surface area (Å²) in [5, 5.41) is 12.8. The molecule has 1 heterocycles. The first-order valence-electron chi connectivity index (χ1n) is 8.31. The van der Waals surface area contributed by atoms with Crippen LogP contribution in [0.3, 0.4) is 0 Å². The monoisotopic (exact) mass is 467 g/mol. The van der Waals surface area contributed by atoms with Gasteiger partial charge in [0.15, 0.2) is 11.2 Å². The van der Waals surface area contributed by atoms with Gasteiger partial charge in [0.2, 0.25) is 0 Å². The molecule has 3 nitrogen and oxygen atoms in total. The summed E-state index contributed by atoms with van der Waals surface area (Å²) in [4.78, 5) is 0. The fraction of sp³-hybridized carbons (Fsp3) is 0.0952. The van der Waals surface area contributed by atoms with E-state index >= 15 is 0 Å². The molecule has 0 aliphatic rings. The second-order valence-electron chi connectivity index (χ2n) is 6.38. The summed E-state index contributed by atoms with van der Waals surface area (Å²) >= 11 is 2.31. The molecule has 0 amide bonds. The topological polar surface area (TPSA) is 40.2 Å². The first-order chi connectivity index (χ1) is 12.6. The van der Waals surface area contributed by atoms with E-state index in [4.69, 9.17) is 4.42 Å². The first-order valence-corrected chi connectivity index (χ1v) is 11.8. The van der Waals surface area contributed by atoms with E-state index in [9.17, 15) is 5.26 Å². The molecule has 0 aliphatic heterocycles. The fourth-order valence-electron chi connectivity index (χ4n) is 3.11. The van der Waals surface area contributed by atoms with Gasteiger partial charge in [-0.05, 0) is 24.3 Å². The molecule has 0 bridgehead atoms. The molecule has 26 heavy (non-hydrogen) atoms. The normalized spacial score (nSPS) is 11.2. The van der Waals surface area contributed by atoms with Gasteiger partial charge in [-0.3, -0.25) is 3.11 Å². The van der Waals surface area contributed by atoms with Crippen LogP contribution >= 0.6 is 22.9 Å². The van der Waals surface area contributed by atoms with Crippen molar-refractivity contribution in [2.75, 3.05) is 3.11 Å². The minimum Gasteiger partial charge on any atom is -0.452 e. The van der Waals surface area contributed by atoms with Crippen LogP contribution in [-0.4, -0.2) is 8.80 Å². The maximum Gasteiger partial charge on any atom is 0.159 e. The zero-order valence-electron chi connectivity index (χ0n) is 14.5. The van der Waals surface area contributed by atoms with Gasteiger partial charge in [-0.1, -0.05) is 54.7 Å². The number of nitrogens with zero attached hydrogens (tertiary/aromatic N) is 2. The second-order valence-corrected chi connectivity index (χ2v) is 9.92. The zero-order chi connectivity index (χ0) is 18.3. The molecule has 0 unspecified atom stereocenters. The Morgan fingerprint density at radius 2 is 1.58 bits per heavy atom. The molecule has 4 rings (SSSR count). The largest absolute Gasteiger partial charge is 0.452 e. The van der Waals surface area contributed by atoms with E-state index in [2.05, 4.69) is 69.4 Å². The molecule has 4 aromatic rings. The third-order valence-electron chi connectivity index (χ3n) is 4.51. The van der Waals surface area contributed by atoms with Gasteiger partial charge in [0.05, 0.1) is 48.6 Å². The minimum absolute atomic E-state index is 0.447. The number of hydrogen-bond donors (Lipinski definition) is 0. The summed E-state index contributed by atoms with van der Waals surface area (Å²) in [6.07, 6.45) is 0. The lowest BCUT2D eigenvalue weighted by Gasteiger charge is -2.17. The Labute approximate surface area is 167 Å². The van der Waals surface area contributed by atoms with E-state index in [1.54, 1.807) is 6.07 Å². The summed E-state index contributed by atoms with van der Waals surface area (Å²) in [5.41, 5.74) is 4.11. The van der Waals surface area contributed by atoms with Crippen molar-refractivity contribution >= 4 is 70.2 Å². The van der Waals surface area contributed by atoms with Gasteiger partial charge in [-0.25, -0.2) is 0 Å². The van der Waals surface area contributed by atoms with E-state index in [1.165, 1.54) is 5.19 Å². The van der Waals surface area contributed by atoms with Crippen molar-refractivity contribution in [2.24, 2.45) is 0 Å². The smallest absolute Gasteiger partial charge is 0.159 e. The number of furan rings is 1. The zero-order valence-corrected chi connectivity index (χ0v) is 17.6. The van der Waals surface area contributed by atoms with Gasteiger partial charge in [0.25, 0.3) is 0 Å². The Hall–Kier alpha value is -2.30. The first kappa shape index (κ1) is 17.1. The lowest BCUT2D eigenvalue weighted by Crippen LogP contribution is -2.22. The molecule has 0 saturated heterocycles. The predicted molar refractivity (Wildman–Crippen MR) is 118 cm³/mol. The lowest BCUT2D eigenvalue weighted by atomic mass is 10.1. The van der Waals surface area contributed by atoms with Crippen LogP contribution < -0.4 is 8.30 Å². The molecule has 0 saturated carbocycles. The molecule has 127 valence electrons. The summed E-state index contributed by atoms with van der Waals surface area (Å²) < 4.78 is 8.25. The second kappa shape index (κ2) is 6.78. The van der Waals surface area contributed by atoms with Crippen molar-refractivity contribution in [1.29, 1.82) is 5.26 Å². The van der Waals surface area contributed by atoms with Crippen molar-refractivity contribution in [2.45, 2.75) is 13.1 Å². The molecule has 0 atom stereocenters. The Morgan fingerprint density at radius 1 is 0.923 bits per heavy atom. The summed E-state index contributed by atoms with van der Waals surface area (Å²) in [7, 11) is -0.447. The number of hydrogen-bond acceptors (Lipinski definition) is 3. The number of halogens is 1. The van der Waals surface area contributed by atoms with E-state index in [0.29, 0.717) is 11.1 Å². The third kappa shape index (κ3) is 2.79.